The summed E-state index contributed by atoms with van der Waals surface area (Å²) >= 11 is 1.32. The molecular formula is C30H41N7O7S. The van der Waals surface area contributed by atoms with Crippen LogP contribution in [0.2, 0.25) is 0 Å². The van der Waals surface area contributed by atoms with Crippen LogP contribution in [0.25, 0.3) is 11.1 Å². The highest BCUT2D eigenvalue weighted by Gasteiger charge is 2.25. The molecule has 0 bridgehead atoms. The second kappa shape index (κ2) is 16.7. The molecule has 0 saturated carbocycles. The zero-order valence-electron chi connectivity index (χ0n) is 26.0. The highest BCUT2D eigenvalue weighted by atomic mass is 32.2. The SMILES string of the molecule is CCCc1nc(C(C)(C)O)c(C)n1Cc1ccc(-c2ccccc2/C(N)=N/N(N)COC(=O)OCCSCCO[N+](=O)[O-])cc1. The van der Waals surface area contributed by atoms with Gasteiger partial charge < -0.3 is 29.7 Å². The number of hydrazine groups is 1. The molecule has 45 heavy (non-hydrogen) atoms. The second-order valence-electron chi connectivity index (χ2n) is 10.6. The van der Waals surface area contributed by atoms with Crippen LogP contribution in [-0.2, 0) is 32.9 Å². The monoisotopic (exact) mass is 643 g/mol. The molecule has 1 aromatic heterocycles. The number of amidine groups is 1. The zero-order chi connectivity index (χ0) is 33.0. The van der Waals surface area contributed by atoms with Crippen LogP contribution in [0.15, 0.2) is 53.6 Å². The second-order valence-corrected chi connectivity index (χ2v) is 11.8. The Morgan fingerprint density at radius 1 is 1.16 bits per heavy atom. The number of hydrazone groups is 1. The molecule has 0 aliphatic carbocycles. The molecule has 2 aromatic carbocycles. The Balaban J connectivity index is 1.61. The molecule has 14 nitrogen and oxygen atoms in total. The molecule has 1 heterocycles. The number of carbonyl (C=O) groups is 1. The first-order valence-electron chi connectivity index (χ1n) is 14.4. The summed E-state index contributed by atoms with van der Waals surface area (Å²) in [7, 11) is 0. The number of ether oxygens (including phenoxy) is 2. The summed E-state index contributed by atoms with van der Waals surface area (Å²) in [6.07, 6.45) is 0.824. The number of thioether (sulfide) groups is 1. The fourth-order valence-electron chi connectivity index (χ4n) is 4.56. The van der Waals surface area contributed by atoms with Crippen molar-refractivity contribution in [1.29, 1.82) is 0 Å². The fourth-order valence-corrected chi connectivity index (χ4v) is 5.16. The minimum atomic E-state index is -1.03. The smallest absolute Gasteiger partial charge is 0.433 e. The number of benzene rings is 2. The van der Waals surface area contributed by atoms with Crippen molar-refractivity contribution in [3.8, 4) is 11.1 Å². The van der Waals surface area contributed by atoms with E-state index in [0.717, 1.165) is 46.2 Å². The van der Waals surface area contributed by atoms with E-state index in [2.05, 4.69) is 21.4 Å². The number of imidazole rings is 1. The number of nitrogens with zero attached hydrogens (tertiary/aromatic N) is 5. The van der Waals surface area contributed by atoms with Crippen LogP contribution in [0.4, 0.5) is 4.79 Å². The van der Waals surface area contributed by atoms with Gasteiger partial charge in [0, 0.05) is 35.7 Å². The lowest BCUT2D eigenvalue weighted by Gasteiger charge is -2.16. The lowest BCUT2D eigenvalue weighted by Crippen LogP contribution is -2.33. The average molecular weight is 644 g/mol. The number of carbonyl (C=O) groups excluding carboxylic acids is 1. The molecule has 3 aromatic rings. The van der Waals surface area contributed by atoms with Gasteiger partial charge in [-0.25, -0.2) is 15.6 Å². The maximum atomic E-state index is 11.8. The standard InChI is InChI=1S/C30H41N7O7S/c1-5-8-26-33-27(30(3,4)39)21(2)35(26)19-22-11-13-23(14-12-22)24-9-6-7-10-25(24)28(31)34-36(32)20-43-29(38)42-15-17-45-18-16-44-37(40)41/h6-7,9-14,39H,5,8,15-20,32H2,1-4H3,(H2,31,34). The number of rotatable bonds is 17. The Kier molecular flexibility index (Phi) is 13.0. The van der Waals surface area contributed by atoms with E-state index >= 15 is 0 Å². The summed E-state index contributed by atoms with van der Waals surface area (Å²) in [5.74, 6) is 7.76. The van der Waals surface area contributed by atoms with Crippen molar-refractivity contribution in [2.24, 2.45) is 16.7 Å². The van der Waals surface area contributed by atoms with Crippen molar-refractivity contribution >= 4 is 23.8 Å². The van der Waals surface area contributed by atoms with E-state index in [1.54, 1.807) is 13.8 Å². The summed E-state index contributed by atoms with van der Waals surface area (Å²) in [5, 5.41) is 24.9. The third-order valence-corrected chi connectivity index (χ3v) is 7.50. The van der Waals surface area contributed by atoms with Crippen molar-refractivity contribution in [3.05, 3.63) is 87.0 Å². The third-order valence-electron chi connectivity index (χ3n) is 6.58. The van der Waals surface area contributed by atoms with Crippen LogP contribution in [-0.4, -0.2) is 68.3 Å². The van der Waals surface area contributed by atoms with Crippen LogP contribution >= 0.6 is 11.8 Å². The van der Waals surface area contributed by atoms with Gasteiger partial charge in [-0.3, -0.25) is 0 Å². The predicted octanol–water partition coefficient (Wildman–Crippen LogP) is 3.93. The van der Waals surface area contributed by atoms with Gasteiger partial charge >= 0.3 is 6.16 Å². The highest BCUT2D eigenvalue weighted by molar-refractivity contribution is 7.99. The van der Waals surface area contributed by atoms with Crippen LogP contribution in [0, 0.1) is 17.0 Å². The van der Waals surface area contributed by atoms with E-state index in [-0.39, 0.29) is 19.0 Å². The maximum absolute atomic E-state index is 11.8. The number of aryl methyl sites for hydroxylation is 1. The minimum Gasteiger partial charge on any atom is -0.433 e. The molecule has 244 valence electrons. The summed E-state index contributed by atoms with van der Waals surface area (Å²) in [4.78, 5) is 30.9. The molecule has 0 saturated heterocycles. The van der Waals surface area contributed by atoms with Gasteiger partial charge in [0.05, 0.1) is 5.69 Å². The molecule has 15 heteroatoms. The molecular weight excluding hydrogens is 602 g/mol. The van der Waals surface area contributed by atoms with Crippen molar-refractivity contribution in [1.82, 2.24) is 14.7 Å². The van der Waals surface area contributed by atoms with E-state index in [9.17, 15) is 20.0 Å². The highest BCUT2D eigenvalue weighted by Crippen LogP contribution is 2.27. The predicted molar refractivity (Wildman–Crippen MR) is 172 cm³/mol. The number of aromatic nitrogens is 2. The summed E-state index contributed by atoms with van der Waals surface area (Å²) in [6.45, 7) is 7.83. The van der Waals surface area contributed by atoms with Crippen molar-refractivity contribution in [2.75, 3.05) is 31.5 Å². The van der Waals surface area contributed by atoms with Gasteiger partial charge in [0.15, 0.2) is 12.6 Å². The van der Waals surface area contributed by atoms with Gasteiger partial charge in [-0.15, -0.1) is 15.2 Å². The summed E-state index contributed by atoms with van der Waals surface area (Å²) in [5.41, 5.74) is 10.4. The van der Waals surface area contributed by atoms with Gasteiger partial charge in [0.2, 0.25) is 0 Å². The van der Waals surface area contributed by atoms with Crippen molar-refractivity contribution in [3.63, 3.8) is 0 Å². The maximum Gasteiger partial charge on any atom is 0.510 e. The van der Waals surface area contributed by atoms with E-state index in [1.165, 1.54) is 11.8 Å². The topological polar surface area (TPSA) is 194 Å². The van der Waals surface area contributed by atoms with Crippen molar-refractivity contribution in [2.45, 2.75) is 52.7 Å². The largest absolute Gasteiger partial charge is 0.510 e. The lowest BCUT2D eigenvalue weighted by molar-refractivity contribution is -0.756. The molecule has 0 fully saturated rings. The van der Waals surface area contributed by atoms with Gasteiger partial charge in [-0.2, -0.15) is 16.9 Å². The van der Waals surface area contributed by atoms with Crippen molar-refractivity contribution < 1.29 is 29.3 Å². The number of aliphatic hydroxyl groups is 1. The third kappa shape index (κ3) is 10.7. The first-order chi connectivity index (χ1) is 21.4. The first-order valence-corrected chi connectivity index (χ1v) is 15.5. The number of hydrogen-bond acceptors (Lipinski definition) is 12. The molecule has 0 aliphatic heterocycles. The Labute approximate surface area is 266 Å². The Bertz CT molecular complexity index is 1460. The molecule has 0 aliphatic rings. The van der Waals surface area contributed by atoms with Crippen LogP contribution < -0.4 is 11.6 Å². The summed E-state index contributed by atoms with van der Waals surface area (Å²) in [6, 6.07) is 15.6. The molecule has 3 rings (SSSR count). The van der Waals surface area contributed by atoms with Crippen LogP contribution in [0.3, 0.4) is 0 Å². The quantitative estimate of drug-likeness (QED) is 0.0281. The van der Waals surface area contributed by atoms with E-state index in [0.29, 0.717) is 29.3 Å². The van der Waals surface area contributed by atoms with Gasteiger partial charge in [-0.05, 0) is 43.9 Å². The number of hydrogen-bond donors (Lipinski definition) is 3. The molecule has 5 N–H and O–H groups in total. The minimum absolute atomic E-state index is 0.0461. The lowest BCUT2D eigenvalue weighted by atomic mass is 9.98. The Morgan fingerprint density at radius 2 is 1.84 bits per heavy atom. The normalized spacial score (nSPS) is 11.7. The van der Waals surface area contributed by atoms with Gasteiger partial charge in [-0.1, -0.05) is 55.5 Å². The van der Waals surface area contributed by atoms with E-state index in [4.69, 9.17) is 26.0 Å². The molecule has 0 spiro atoms. The Morgan fingerprint density at radius 3 is 2.51 bits per heavy atom. The average Bonchev–Trinajstić information content (AvgIpc) is 3.31. The Hall–Kier alpha value is -4.34. The fraction of sp³-hybridized carbons (Fsp3) is 0.433. The van der Waals surface area contributed by atoms with Gasteiger partial charge in [0.25, 0.3) is 5.09 Å². The summed E-state index contributed by atoms with van der Waals surface area (Å²) < 4.78 is 12.1. The van der Waals surface area contributed by atoms with E-state index < -0.39 is 23.6 Å². The molecule has 0 atom stereocenters. The molecule has 0 unspecified atom stereocenters. The van der Waals surface area contributed by atoms with Crippen LogP contribution in [0.1, 0.15) is 55.5 Å². The van der Waals surface area contributed by atoms with Gasteiger partial charge in [0.1, 0.15) is 24.6 Å². The molecule has 0 radical (unpaired) electrons. The first kappa shape index (κ1) is 35.1. The molecule has 0 amide bonds. The van der Waals surface area contributed by atoms with E-state index in [1.807, 2.05) is 55.5 Å². The zero-order valence-corrected chi connectivity index (χ0v) is 26.8. The van der Waals surface area contributed by atoms with Crippen LogP contribution in [0.5, 0.6) is 0 Å². The number of nitrogens with two attached hydrogens (primary N) is 2.